The molecule has 0 aromatic carbocycles. The molecule has 0 aromatic rings. The summed E-state index contributed by atoms with van der Waals surface area (Å²) in [6.07, 6.45) is -0.106. The molecule has 0 saturated carbocycles. The maximum absolute atomic E-state index is 11.8. The molecule has 0 aliphatic heterocycles. The van der Waals surface area contributed by atoms with Gasteiger partial charge in [0.15, 0.2) is 0 Å². The average Bonchev–Trinajstić information content (AvgIpc) is 2.26. The number of rotatable bonds is 6. The Morgan fingerprint density at radius 3 is 2.33 bits per heavy atom. The number of nitrogens with one attached hydrogen (secondary N) is 1. The lowest BCUT2D eigenvalue weighted by molar-refractivity contribution is -0.137. The Labute approximate surface area is 108 Å². The van der Waals surface area contributed by atoms with Crippen LogP contribution in [0.4, 0.5) is 4.79 Å². The molecule has 0 aliphatic rings. The fourth-order valence-electron chi connectivity index (χ4n) is 1.44. The van der Waals surface area contributed by atoms with Crippen molar-refractivity contribution in [2.45, 2.75) is 33.2 Å². The van der Waals surface area contributed by atoms with Gasteiger partial charge in [0.05, 0.1) is 18.4 Å². The van der Waals surface area contributed by atoms with E-state index in [0.717, 1.165) is 0 Å². The number of nitrogens with zero attached hydrogens (tertiary/aromatic N) is 2. The van der Waals surface area contributed by atoms with Gasteiger partial charge in [-0.3, -0.25) is 4.79 Å². The van der Waals surface area contributed by atoms with E-state index in [1.165, 1.54) is 4.90 Å². The topological polar surface area (TPSA) is 93.4 Å². The number of carboxylic acid groups (broad SMARTS) is 1. The van der Waals surface area contributed by atoms with Gasteiger partial charge in [-0.2, -0.15) is 5.26 Å². The third-order valence-corrected chi connectivity index (χ3v) is 2.62. The zero-order valence-electron chi connectivity index (χ0n) is 11.3. The molecule has 2 atom stereocenters. The van der Waals surface area contributed by atoms with Crippen molar-refractivity contribution in [3.05, 3.63) is 0 Å². The van der Waals surface area contributed by atoms with Crippen molar-refractivity contribution in [2.24, 2.45) is 11.8 Å². The zero-order chi connectivity index (χ0) is 14.3. The standard InChI is InChI=1S/C12H21N3O3/c1-8(2)10(5-11(16)17)14-12(18)15(4)7-9(3)6-13/h8-10H,5,7H2,1-4H3,(H,14,18)(H,16,17). The van der Waals surface area contributed by atoms with Gasteiger partial charge in [-0.15, -0.1) is 0 Å². The molecule has 0 spiro atoms. The summed E-state index contributed by atoms with van der Waals surface area (Å²) in [5.41, 5.74) is 0. The predicted molar refractivity (Wildman–Crippen MR) is 66.8 cm³/mol. The summed E-state index contributed by atoms with van der Waals surface area (Å²) in [5.74, 6) is -1.16. The van der Waals surface area contributed by atoms with Crippen molar-refractivity contribution in [1.82, 2.24) is 10.2 Å². The second-order valence-electron chi connectivity index (χ2n) is 4.81. The Morgan fingerprint density at radius 1 is 1.39 bits per heavy atom. The summed E-state index contributed by atoms with van der Waals surface area (Å²) in [5, 5.41) is 20.1. The van der Waals surface area contributed by atoms with Crippen LogP contribution in [0.1, 0.15) is 27.2 Å². The number of carbonyl (C=O) groups excluding carboxylic acids is 1. The molecule has 2 amide bonds. The fourth-order valence-corrected chi connectivity index (χ4v) is 1.44. The van der Waals surface area contributed by atoms with Crippen LogP contribution in [0.3, 0.4) is 0 Å². The number of urea groups is 1. The molecule has 6 nitrogen and oxygen atoms in total. The first-order valence-corrected chi connectivity index (χ1v) is 5.91. The highest BCUT2D eigenvalue weighted by Gasteiger charge is 2.21. The summed E-state index contributed by atoms with van der Waals surface area (Å²) in [6.45, 7) is 5.75. The highest BCUT2D eigenvalue weighted by Crippen LogP contribution is 2.07. The van der Waals surface area contributed by atoms with Crippen LogP contribution in [0, 0.1) is 23.2 Å². The number of hydrogen-bond acceptors (Lipinski definition) is 3. The SMILES string of the molecule is CC(C#N)CN(C)C(=O)NC(CC(=O)O)C(C)C. The van der Waals surface area contributed by atoms with Crippen LogP contribution >= 0.6 is 0 Å². The van der Waals surface area contributed by atoms with Crippen LogP contribution in [0.25, 0.3) is 0 Å². The largest absolute Gasteiger partial charge is 0.481 e. The molecule has 0 heterocycles. The lowest BCUT2D eigenvalue weighted by Crippen LogP contribution is -2.47. The van der Waals surface area contributed by atoms with E-state index in [-0.39, 0.29) is 24.3 Å². The molecule has 0 radical (unpaired) electrons. The number of hydrogen-bond donors (Lipinski definition) is 2. The minimum absolute atomic E-state index is 0.0341. The van der Waals surface area contributed by atoms with E-state index >= 15 is 0 Å². The van der Waals surface area contributed by atoms with Gasteiger partial charge in [0.2, 0.25) is 0 Å². The number of carbonyl (C=O) groups is 2. The molecule has 0 aromatic heterocycles. The first-order valence-electron chi connectivity index (χ1n) is 5.91. The van der Waals surface area contributed by atoms with Gasteiger partial charge in [-0.05, 0) is 12.8 Å². The number of amides is 2. The predicted octanol–water partition coefficient (Wildman–Crippen LogP) is 1.29. The van der Waals surface area contributed by atoms with Crippen LogP contribution in [0.5, 0.6) is 0 Å². The molecule has 0 rings (SSSR count). The van der Waals surface area contributed by atoms with Crippen molar-refractivity contribution < 1.29 is 14.7 Å². The Balaban J connectivity index is 4.41. The Hall–Kier alpha value is -1.77. The van der Waals surface area contributed by atoms with Crippen molar-refractivity contribution in [3.8, 4) is 6.07 Å². The van der Waals surface area contributed by atoms with E-state index in [9.17, 15) is 9.59 Å². The van der Waals surface area contributed by atoms with Crippen molar-refractivity contribution in [1.29, 1.82) is 5.26 Å². The molecule has 0 fully saturated rings. The van der Waals surface area contributed by atoms with Gasteiger partial charge in [0.1, 0.15) is 0 Å². The van der Waals surface area contributed by atoms with Crippen molar-refractivity contribution in [2.75, 3.05) is 13.6 Å². The van der Waals surface area contributed by atoms with Gasteiger partial charge in [0.25, 0.3) is 0 Å². The highest BCUT2D eigenvalue weighted by atomic mass is 16.4. The van der Waals surface area contributed by atoms with Gasteiger partial charge in [-0.25, -0.2) is 4.79 Å². The van der Waals surface area contributed by atoms with Crippen LogP contribution < -0.4 is 5.32 Å². The number of aliphatic carboxylic acids is 1. The monoisotopic (exact) mass is 255 g/mol. The van der Waals surface area contributed by atoms with Crippen LogP contribution in [0.2, 0.25) is 0 Å². The molecular formula is C12H21N3O3. The molecule has 18 heavy (non-hydrogen) atoms. The van der Waals surface area contributed by atoms with E-state index in [1.807, 2.05) is 19.9 Å². The number of nitriles is 1. The minimum atomic E-state index is -0.943. The Bertz CT molecular complexity index is 336. The van der Waals surface area contributed by atoms with Crippen LogP contribution in [0.15, 0.2) is 0 Å². The van der Waals surface area contributed by atoms with Crippen LogP contribution in [-0.4, -0.2) is 41.6 Å². The van der Waals surface area contributed by atoms with Gasteiger partial charge >= 0.3 is 12.0 Å². The second-order valence-corrected chi connectivity index (χ2v) is 4.81. The van der Waals surface area contributed by atoms with E-state index in [1.54, 1.807) is 14.0 Å². The quantitative estimate of drug-likeness (QED) is 0.747. The maximum Gasteiger partial charge on any atom is 0.317 e. The minimum Gasteiger partial charge on any atom is -0.481 e. The fraction of sp³-hybridized carbons (Fsp3) is 0.750. The highest BCUT2D eigenvalue weighted by molar-refractivity contribution is 5.75. The van der Waals surface area contributed by atoms with E-state index in [2.05, 4.69) is 5.32 Å². The lowest BCUT2D eigenvalue weighted by Gasteiger charge is -2.25. The summed E-state index contributed by atoms with van der Waals surface area (Å²) in [7, 11) is 1.58. The van der Waals surface area contributed by atoms with E-state index < -0.39 is 12.0 Å². The van der Waals surface area contributed by atoms with Gasteiger partial charge in [-0.1, -0.05) is 13.8 Å². The Morgan fingerprint density at radius 2 is 1.94 bits per heavy atom. The molecule has 0 bridgehead atoms. The summed E-state index contributed by atoms with van der Waals surface area (Å²) in [6, 6.07) is 1.29. The van der Waals surface area contributed by atoms with Crippen molar-refractivity contribution >= 4 is 12.0 Å². The molecule has 2 N–H and O–H groups in total. The van der Waals surface area contributed by atoms with Gasteiger partial charge < -0.3 is 15.3 Å². The lowest BCUT2D eigenvalue weighted by atomic mass is 10.0. The second kappa shape index (κ2) is 7.54. The average molecular weight is 255 g/mol. The third kappa shape index (κ3) is 6.09. The first-order chi connectivity index (χ1) is 8.27. The molecule has 6 heteroatoms. The molecular weight excluding hydrogens is 234 g/mol. The molecule has 2 unspecified atom stereocenters. The van der Waals surface area contributed by atoms with Crippen molar-refractivity contribution in [3.63, 3.8) is 0 Å². The summed E-state index contributed by atoms with van der Waals surface area (Å²) < 4.78 is 0. The maximum atomic E-state index is 11.8. The summed E-state index contributed by atoms with van der Waals surface area (Å²) >= 11 is 0. The smallest absolute Gasteiger partial charge is 0.317 e. The normalized spacial score (nSPS) is 13.6. The summed E-state index contributed by atoms with van der Waals surface area (Å²) in [4.78, 5) is 23.9. The first kappa shape index (κ1) is 16.2. The van der Waals surface area contributed by atoms with Crippen LogP contribution in [-0.2, 0) is 4.79 Å². The molecule has 0 aliphatic carbocycles. The Kier molecular flexibility index (Phi) is 6.79. The van der Waals surface area contributed by atoms with Gasteiger partial charge in [0, 0.05) is 19.6 Å². The third-order valence-electron chi connectivity index (χ3n) is 2.62. The van der Waals surface area contributed by atoms with E-state index in [0.29, 0.717) is 6.54 Å². The molecule has 0 saturated heterocycles. The zero-order valence-corrected chi connectivity index (χ0v) is 11.3. The molecule has 102 valence electrons. The number of carboxylic acids is 1. The van der Waals surface area contributed by atoms with E-state index in [4.69, 9.17) is 10.4 Å².